The fraction of sp³-hybridized carbons (Fsp3) is 0.263. The second-order valence-electron chi connectivity index (χ2n) is 10.9. The van der Waals surface area contributed by atoms with E-state index in [1.807, 2.05) is 60.7 Å². The van der Waals surface area contributed by atoms with Crippen molar-refractivity contribution in [3.8, 4) is 12.1 Å². The van der Waals surface area contributed by atoms with Gasteiger partial charge in [-0.1, -0.05) is 85.7 Å². The Morgan fingerprint density at radius 1 is 0.500 bits per heavy atom. The number of rotatable bonds is 8. The molecule has 0 saturated carbocycles. The standard InChI is InChI=1S/C18H16N4S2.C18H16N4.2CH4/c1-17(12-19,13-4-8-15(23)9-5-13)21-22-18(2,20-3)14-6-10-16(24)11-7-14;1-17(14-19,15-10-6-4-7-11-15)21-22-18(2,20-3)16-12-8-5-9-13-16;;/h4-11,23-24H,1-2H3;4-13H,1-2H3;2*1H4. The maximum atomic E-state index is 9.57. The molecule has 4 rings (SSSR count). The third-order valence-corrected chi connectivity index (χ3v) is 7.86. The van der Waals surface area contributed by atoms with Crippen LogP contribution in [0.1, 0.15) is 64.8 Å². The van der Waals surface area contributed by atoms with E-state index in [9.17, 15) is 10.5 Å². The van der Waals surface area contributed by atoms with Gasteiger partial charge in [-0.05, 0) is 73.5 Å². The number of benzene rings is 4. The molecule has 10 heteroatoms. The Hall–Kier alpha value is -5.26. The molecule has 48 heavy (non-hydrogen) atoms. The van der Waals surface area contributed by atoms with Crippen LogP contribution < -0.4 is 0 Å². The summed E-state index contributed by atoms with van der Waals surface area (Å²) in [5.41, 5.74) is -1.70. The zero-order valence-electron chi connectivity index (χ0n) is 25.9. The number of azo groups is 2. The van der Waals surface area contributed by atoms with Crippen molar-refractivity contribution in [2.75, 3.05) is 0 Å². The monoisotopic (exact) mass is 672 g/mol. The largest absolute Gasteiger partial charge is 0.364 e. The first-order valence-electron chi connectivity index (χ1n) is 14.0. The molecule has 0 amide bonds. The molecule has 0 N–H and O–H groups in total. The number of nitrogens with zero attached hydrogens (tertiary/aromatic N) is 8. The highest BCUT2D eigenvalue weighted by Crippen LogP contribution is 2.34. The lowest BCUT2D eigenvalue weighted by atomic mass is 9.95. The molecule has 4 aromatic rings. The highest BCUT2D eigenvalue weighted by atomic mass is 32.1. The van der Waals surface area contributed by atoms with Gasteiger partial charge in [0.25, 0.3) is 0 Å². The SMILES string of the molecule is C.C.[C-]#[N+]C(C)(N=NC(C)(C#N)c1ccc(S)cc1)c1ccc(S)cc1.[C-]#[N+]C(C)(N=NC(C)(C#N)c1ccccc1)c1ccccc1. The Balaban J connectivity index is 0.000000462. The summed E-state index contributed by atoms with van der Waals surface area (Å²) < 4.78 is 0. The minimum Gasteiger partial charge on any atom is -0.279 e. The summed E-state index contributed by atoms with van der Waals surface area (Å²) in [6.07, 6.45) is 0. The third-order valence-electron chi connectivity index (χ3n) is 7.26. The fourth-order valence-electron chi connectivity index (χ4n) is 4.05. The number of hydrogen-bond donors (Lipinski definition) is 2. The number of hydrogen-bond acceptors (Lipinski definition) is 8. The van der Waals surface area contributed by atoms with Crippen LogP contribution in [-0.2, 0) is 22.4 Å². The molecular weight excluding hydrogens is 633 g/mol. The molecule has 0 radical (unpaired) electrons. The quantitative estimate of drug-likeness (QED) is 0.110. The van der Waals surface area contributed by atoms with Crippen molar-refractivity contribution in [3.63, 3.8) is 0 Å². The second-order valence-corrected chi connectivity index (χ2v) is 11.9. The molecule has 0 heterocycles. The average Bonchev–Trinajstić information content (AvgIpc) is 3.11. The van der Waals surface area contributed by atoms with Gasteiger partial charge < -0.3 is 0 Å². The van der Waals surface area contributed by atoms with Gasteiger partial charge in [0.2, 0.25) is 0 Å². The highest BCUT2D eigenvalue weighted by molar-refractivity contribution is 7.80. The molecule has 8 nitrogen and oxygen atoms in total. The van der Waals surface area contributed by atoms with E-state index >= 15 is 0 Å². The van der Waals surface area contributed by atoms with Gasteiger partial charge in [-0.25, -0.2) is 13.1 Å². The molecule has 0 aliphatic carbocycles. The van der Waals surface area contributed by atoms with Gasteiger partial charge in [-0.15, -0.1) is 25.3 Å². The van der Waals surface area contributed by atoms with E-state index in [1.165, 1.54) is 0 Å². The molecular formula is C38H40N8S2. The summed E-state index contributed by atoms with van der Waals surface area (Å²) in [4.78, 5) is 8.81. The Morgan fingerprint density at radius 2 is 0.792 bits per heavy atom. The van der Waals surface area contributed by atoms with Gasteiger partial charge in [-0.3, -0.25) is 9.69 Å². The van der Waals surface area contributed by atoms with Gasteiger partial charge in [0.1, 0.15) is 0 Å². The lowest BCUT2D eigenvalue weighted by molar-refractivity contribution is 0.506. The lowest BCUT2D eigenvalue weighted by Gasteiger charge is -2.18. The Bertz CT molecular complexity index is 1710. The fourth-order valence-corrected chi connectivity index (χ4v) is 4.35. The summed E-state index contributed by atoms with van der Waals surface area (Å²) in [7, 11) is 0. The molecule has 0 spiro atoms. The molecule has 0 fully saturated rings. The minimum absolute atomic E-state index is 0. The van der Waals surface area contributed by atoms with Gasteiger partial charge >= 0.3 is 11.3 Å². The first-order chi connectivity index (χ1) is 21.9. The van der Waals surface area contributed by atoms with E-state index in [0.717, 1.165) is 20.9 Å². The first-order valence-corrected chi connectivity index (χ1v) is 14.9. The smallest absolute Gasteiger partial charge is 0.279 e. The van der Waals surface area contributed by atoms with E-state index < -0.39 is 22.4 Å². The maximum Gasteiger partial charge on any atom is 0.364 e. The zero-order valence-corrected chi connectivity index (χ0v) is 27.7. The van der Waals surface area contributed by atoms with Crippen LogP contribution in [0.5, 0.6) is 0 Å². The summed E-state index contributed by atoms with van der Waals surface area (Å²) in [5.74, 6) is 0. The normalized spacial score (nSPS) is 15.4. The van der Waals surface area contributed by atoms with E-state index in [4.69, 9.17) is 13.1 Å². The summed E-state index contributed by atoms with van der Waals surface area (Å²) in [6.45, 7) is 21.7. The van der Waals surface area contributed by atoms with Crippen LogP contribution in [0.25, 0.3) is 9.69 Å². The van der Waals surface area contributed by atoms with Crippen molar-refractivity contribution in [1.82, 2.24) is 0 Å². The highest BCUT2D eigenvalue weighted by Gasteiger charge is 2.36. The summed E-state index contributed by atoms with van der Waals surface area (Å²) in [6, 6.07) is 37.2. The maximum absolute atomic E-state index is 9.57. The number of nitriles is 2. The predicted molar refractivity (Wildman–Crippen MR) is 197 cm³/mol. The van der Waals surface area contributed by atoms with Crippen LogP contribution in [0.2, 0.25) is 0 Å². The van der Waals surface area contributed by atoms with Gasteiger partial charge in [0.05, 0.1) is 23.3 Å². The van der Waals surface area contributed by atoms with E-state index in [-0.39, 0.29) is 14.9 Å². The molecule has 4 atom stereocenters. The second kappa shape index (κ2) is 17.6. The van der Waals surface area contributed by atoms with Crippen LogP contribution in [-0.4, -0.2) is 0 Å². The third kappa shape index (κ3) is 9.87. The van der Waals surface area contributed by atoms with Gasteiger partial charge in [0, 0.05) is 23.6 Å². The molecule has 0 aliphatic rings. The topological polar surface area (TPSA) is 106 Å². The average molecular weight is 673 g/mol. The Labute approximate surface area is 296 Å². The molecule has 4 unspecified atom stereocenters. The zero-order chi connectivity index (χ0) is 33.8. The van der Waals surface area contributed by atoms with Crippen LogP contribution in [0.4, 0.5) is 0 Å². The van der Waals surface area contributed by atoms with E-state index in [2.05, 4.69) is 67.5 Å². The van der Waals surface area contributed by atoms with Gasteiger partial charge in [-0.2, -0.15) is 20.8 Å². The lowest BCUT2D eigenvalue weighted by Crippen LogP contribution is -2.19. The van der Waals surface area contributed by atoms with E-state index in [0.29, 0.717) is 11.1 Å². The minimum atomic E-state index is -1.19. The van der Waals surface area contributed by atoms with Crippen molar-refractivity contribution in [3.05, 3.63) is 154 Å². The molecule has 0 saturated heterocycles. The van der Waals surface area contributed by atoms with Crippen molar-refractivity contribution < 1.29 is 0 Å². The van der Waals surface area contributed by atoms with Crippen molar-refractivity contribution in [2.24, 2.45) is 20.5 Å². The van der Waals surface area contributed by atoms with Crippen molar-refractivity contribution >= 4 is 25.3 Å². The first kappa shape index (κ1) is 40.8. The Morgan fingerprint density at radius 3 is 1.12 bits per heavy atom. The predicted octanol–water partition coefficient (Wildman–Crippen LogP) is 11.2. The molecule has 0 aromatic heterocycles. The molecule has 0 bridgehead atoms. The van der Waals surface area contributed by atoms with Gasteiger partial charge in [0.15, 0.2) is 11.1 Å². The van der Waals surface area contributed by atoms with E-state index in [1.54, 1.807) is 76.2 Å². The molecule has 4 aromatic carbocycles. The summed E-state index contributed by atoms with van der Waals surface area (Å²) in [5, 5.41) is 35.9. The molecule has 0 aliphatic heterocycles. The number of thiol groups is 2. The van der Waals surface area contributed by atoms with Crippen LogP contribution >= 0.6 is 25.3 Å². The summed E-state index contributed by atoms with van der Waals surface area (Å²) >= 11 is 8.49. The van der Waals surface area contributed by atoms with Crippen LogP contribution in [0, 0.1) is 35.8 Å². The Kier molecular flexibility index (Phi) is 14.9. The van der Waals surface area contributed by atoms with Crippen LogP contribution in [0.15, 0.2) is 139 Å². The van der Waals surface area contributed by atoms with Crippen LogP contribution in [0.3, 0.4) is 0 Å². The van der Waals surface area contributed by atoms with Crippen molar-refractivity contribution in [2.45, 2.75) is 74.7 Å². The van der Waals surface area contributed by atoms with Crippen molar-refractivity contribution in [1.29, 1.82) is 10.5 Å². The molecule has 244 valence electrons.